The van der Waals surface area contributed by atoms with Crippen molar-refractivity contribution in [2.75, 3.05) is 0 Å². The number of nitrogens with zero attached hydrogens (tertiary/aromatic N) is 3. The first kappa shape index (κ1) is 9.03. The topological polar surface area (TPSA) is 51.8 Å². The molecule has 0 aliphatic rings. The molecule has 0 saturated heterocycles. The zero-order valence-electron chi connectivity index (χ0n) is 8.71. The Bertz CT molecular complexity index is 631. The van der Waals surface area contributed by atoms with Gasteiger partial charge < -0.3 is 4.52 Å². The van der Waals surface area contributed by atoms with Gasteiger partial charge in [0.1, 0.15) is 17.0 Å². The highest BCUT2D eigenvalue weighted by Gasteiger charge is 2.12. The molecule has 2 heterocycles. The van der Waals surface area contributed by atoms with Gasteiger partial charge in [0.05, 0.1) is 11.6 Å². The molecule has 4 heteroatoms. The first-order valence-electron chi connectivity index (χ1n) is 4.99. The van der Waals surface area contributed by atoms with Gasteiger partial charge in [-0.05, 0) is 6.92 Å². The van der Waals surface area contributed by atoms with Crippen molar-refractivity contribution >= 4 is 10.9 Å². The molecule has 0 amide bonds. The van der Waals surface area contributed by atoms with Crippen LogP contribution in [-0.2, 0) is 0 Å². The van der Waals surface area contributed by atoms with Crippen LogP contribution < -0.4 is 0 Å². The lowest BCUT2D eigenvalue weighted by Gasteiger charge is -1.99. The quantitative estimate of drug-likeness (QED) is 0.620. The molecule has 0 N–H and O–H groups in total. The summed E-state index contributed by atoms with van der Waals surface area (Å²) in [6.07, 6.45) is 1.61. The molecule has 0 aliphatic carbocycles. The average Bonchev–Trinajstić information content (AvgIpc) is 2.73. The van der Waals surface area contributed by atoms with Gasteiger partial charge in [-0.3, -0.25) is 0 Å². The van der Waals surface area contributed by atoms with Gasteiger partial charge >= 0.3 is 0 Å². The van der Waals surface area contributed by atoms with E-state index in [9.17, 15) is 0 Å². The summed E-state index contributed by atoms with van der Waals surface area (Å²) in [6, 6.07) is 9.90. The van der Waals surface area contributed by atoms with Crippen LogP contribution >= 0.6 is 0 Å². The van der Waals surface area contributed by atoms with Gasteiger partial charge in [0, 0.05) is 5.56 Å². The Hall–Kier alpha value is -2.23. The minimum Gasteiger partial charge on any atom is -0.360 e. The number of benzene rings is 1. The van der Waals surface area contributed by atoms with E-state index in [1.54, 1.807) is 6.20 Å². The van der Waals surface area contributed by atoms with Gasteiger partial charge in [-0.15, -0.1) is 5.10 Å². The minimum atomic E-state index is 0.742. The highest BCUT2D eigenvalue weighted by Crippen LogP contribution is 2.27. The van der Waals surface area contributed by atoms with Crippen molar-refractivity contribution in [2.45, 2.75) is 6.92 Å². The van der Waals surface area contributed by atoms with Crippen LogP contribution in [0.1, 0.15) is 5.76 Å². The summed E-state index contributed by atoms with van der Waals surface area (Å²) in [5.74, 6) is 0.767. The summed E-state index contributed by atoms with van der Waals surface area (Å²) in [4.78, 5) is 0. The van der Waals surface area contributed by atoms with Crippen molar-refractivity contribution in [1.29, 1.82) is 0 Å². The molecule has 0 bridgehead atoms. The molecule has 0 spiro atoms. The van der Waals surface area contributed by atoms with Crippen LogP contribution in [0.3, 0.4) is 0 Å². The lowest BCUT2D eigenvalue weighted by molar-refractivity contribution is 0.405. The summed E-state index contributed by atoms with van der Waals surface area (Å²) in [5.41, 5.74) is 2.58. The molecular weight excluding hydrogens is 202 g/mol. The van der Waals surface area contributed by atoms with Crippen LogP contribution in [0.2, 0.25) is 0 Å². The standard InChI is InChI=1S/C12H9N3O/c1-8-11-10(15-16-8)7-13-14-12(11)9-5-3-2-4-6-9/h2-7H,1H3. The van der Waals surface area contributed by atoms with E-state index in [-0.39, 0.29) is 0 Å². The van der Waals surface area contributed by atoms with E-state index in [0.29, 0.717) is 0 Å². The number of hydrogen-bond donors (Lipinski definition) is 0. The molecule has 3 rings (SSSR count). The van der Waals surface area contributed by atoms with E-state index in [1.807, 2.05) is 37.3 Å². The summed E-state index contributed by atoms with van der Waals surface area (Å²) in [7, 11) is 0. The molecule has 16 heavy (non-hydrogen) atoms. The Morgan fingerprint density at radius 2 is 1.94 bits per heavy atom. The second kappa shape index (κ2) is 3.41. The van der Waals surface area contributed by atoms with Gasteiger partial charge in [-0.25, -0.2) is 0 Å². The second-order valence-corrected chi connectivity index (χ2v) is 3.56. The van der Waals surface area contributed by atoms with Gasteiger partial charge in [-0.2, -0.15) is 5.10 Å². The highest BCUT2D eigenvalue weighted by molar-refractivity contribution is 5.92. The molecule has 0 radical (unpaired) electrons. The van der Waals surface area contributed by atoms with Crippen LogP contribution in [0.5, 0.6) is 0 Å². The molecule has 3 aromatic rings. The second-order valence-electron chi connectivity index (χ2n) is 3.56. The van der Waals surface area contributed by atoms with E-state index in [1.165, 1.54) is 0 Å². The largest absolute Gasteiger partial charge is 0.360 e. The SMILES string of the molecule is Cc1onc2cnnc(-c3ccccc3)c12. The maximum Gasteiger partial charge on any atom is 0.143 e. The van der Waals surface area contributed by atoms with Gasteiger partial charge in [-0.1, -0.05) is 35.5 Å². The Kier molecular flexibility index (Phi) is 1.93. The first-order chi connectivity index (χ1) is 7.86. The molecule has 4 nitrogen and oxygen atoms in total. The fourth-order valence-electron chi connectivity index (χ4n) is 1.75. The maximum atomic E-state index is 5.15. The number of hydrogen-bond acceptors (Lipinski definition) is 4. The lowest BCUT2D eigenvalue weighted by Crippen LogP contribution is -1.88. The Morgan fingerprint density at radius 3 is 2.75 bits per heavy atom. The molecule has 0 saturated carbocycles. The van der Waals surface area contributed by atoms with Crippen molar-refractivity contribution in [3.8, 4) is 11.3 Å². The summed E-state index contributed by atoms with van der Waals surface area (Å²) < 4.78 is 5.15. The number of aromatic nitrogens is 3. The zero-order chi connectivity index (χ0) is 11.0. The van der Waals surface area contributed by atoms with E-state index in [2.05, 4.69) is 15.4 Å². The van der Waals surface area contributed by atoms with Crippen LogP contribution in [0.15, 0.2) is 41.1 Å². The van der Waals surface area contributed by atoms with Crippen molar-refractivity contribution in [3.05, 3.63) is 42.3 Å². The van der Waals surface area contributed by atoms with E-state index >= 15 is 0 Å². The molecule has 78 valence electrons. The smallest absolute Gasteiger partial charge is 0.143 e. The fourth-order valence-corrected chi connectivity index (χ4v) is 1.75. The van der Waals surface area contributed by atoms with E-state index < -0.39 is 0 Å². The maximum absolute atomic E-state index is 5.15. The zero-order valence-corrected chi connectivity index (χ0v) is 8.71. The fraction of sp³-hybridized carbons (Fsp3) is 0.0833. The molecule has 0 atom stereocenters. The minimum absolute atomic E-state index is 0.742. The average molecular weight is 211 g/mol. The summed E-state index contributed by atoms with van der Waals surface area (Å²) in [5, 5.41) is 12.9. The van der Waals surface area contributed by atoms with Crippen LogP contribution in [0, 0.1) is 6.92 Å². The normalized spacial score (nSPS) is 10.8. The third-order valence-corrected chi connectivity index (χ3v) is 2.51. The van der Waals surface area contributed by atoms with Gasteiger partial charge in [0.2, 0.25) is 0 Å². The summed E-state index contributed by atoms with van der Waals surface area (Å²) in [6.45, 7) is 1.88. The molecular formula is C12H9N3O. The Morgan fingerprint density at radius 1 is 1.12 bits per heavy atom. The summed E-state index contributed by atoms with van der Waals surface area (Å²) >= 11 is 0. The van der Waals surface area contributed by atoms with Gasteiger partial charge in [0.25, 0.3) is 0 Å². The number of fused-ring (bicyclic) bond motifs is 1. The van der Waals surface area contributed by atoms with Crippen LogP contribution in [0.25, 0.3) is 22.2 Å². The highest BCUT2D eigenvalue weighted by atomic mass is 16.5. The molecule has 0 aliphatic heterocycles. The van der Waals surface area contributed by atoms with Crippen molar-refractivity contribution in [2.24, 2.45) is 0 Å². The molecule has 0 fully saturated rings. The lowest BCUT2D eigenvalue weighted by atomic mass is 10.1. The predicted molar refractivity (Wildman–Crippen MR) is 59.8 cm³/mol. The van der Waals surface area contributed by atoms with E-state index in [0.717, 1.165) is 27.9 Å². The molecule has 1 aromatic carbocycles. The molecule has 0 unspecified atom stereocenters. The predicted octanol–water partition coefficient (Wildman–Crippen LogP) is 2.59. The van der Waals surface area contributed by atoms with Crippen molar-refractivity contribution < 1.29 is 4.52 Å². The first-order valence-corrected chi connectivity index (χ1v) is 4.99. The third-order valence-electron chi connectivity index (χ3n) is 2.51. The number of aryl methyl sites for hydroxylation is 1. The van der Waals surface area contributed by atoms with Gasteiger partial charge in [0.15, 0.2) is 0 Å². The number of rotatable bonds is 1. The van der Waals surface area contributed by atoms with E-state index in [4.69, 9.17) is 4.52 Å². The molecule has 2 aromatic heterocycles. The third kappa shape index (κ3) is 1.27. The Balaban J connectivity index is 2.36. The van der Waals surface area contributed by atoms with Crippen LogP contribution in [0.4, 0.5) is 0 Å². The Labute approximate surface area is 91.9 Å². The monoisotopic (exact) mass is 211 g/mol. The van der Waals surface area contributed by atoms with Crippen LogP contribution in [-0.4, -0.2) is 15.4 Å². The van der Waals surface area contributed by atoms with Crippen molar-refractivity contribution in [3.63, 3.8) is 0 Å². The van der Waals surface area contributed by atoms with Crippen molar-refractivity contribution in [1.82, 2.24) is 15.4 Å².